The number of aromatic nitrogens is 3. The Balaban J connectivity index is 1.38. The normalized spacial score (nSPS) is 11.3. The molecule has 41 heavy (non-hydrogen) atoms. The van der Waals surface area contributed by atoms with E-state index < -0.39 is 27.8 Å². The van der Waals surface area contributed by atoms with Crippen molar-refractivity contribution in [1.29, 1.82) is 0 Å². The number of carboxylic acids is 1. The van der Waals surface area contributed by atoms with Crippen LogP contribution in [0.1, 0.15) is 27.3 Å². The number of nitrogens with zero attached hydrogens (tertiary/aromatic N) is 3. The summed E-state index contributed by atoms with van der Waals surface area (Å²) in [5, 5.41) is 19.0. The quantitative estimate of drug-likeness (QED) is 0.203. The van der Waals surface area contributed by atoms with Crippen LogP contribution in [-0.2, 0) is 26.2 Å². The van der Waals surface area contributed by atoms with Crippen LogP contribution in [0.4, 0.5) is 5.13 Å². The fourth-order valence-electron chi connectivity index (χ4n) is 4.04. The third kappa shape index (κ3) is 7.42. The zero-order valence-electron chi connectivity index (χ0n) is 22.5. The third-order valence-corrected chi connectivity index (χ3v) is 8.03. The fourth-order valence-corrected chi connectivity index (χ4v) is 5.70. The van der Waals surface area contributed by atoms with Crippen molar-refractivity contribution in [3.63, 3.8) is 0 Å². The highest BCUT2D eigenvalue weighted by molar-refractivity contribution is 7.89. The smallest absolute Gasteiger partial charge is 0.317 e. The second kappa shape index (κ2) is 12.4. The van der Waals surface area contributed by atoms with E-state index in [2.05, 4.69) is 25.9 Å². The molecule has 0 aliphatic rings. The minimum absolute atomic E-state index is 0.157. The second-order valence-electron chi connectivity index (χ2n) is 9.19. The van der Waals surface area contributed by atoms with Crippen LogP contribution in [0, 0.1) is 13.8 Å². The first-order valence-corrected chi connectivity index (χ1v) is 15.1. The molecule has 2 amide bonds. The molecule has 0 aliphatic carbocycles. The number of anilines is 1. The van der Waals surface area contributed by atoms with Gasteiger partial charge in [0.15, 0.2) is 5.13 Å². The molecule has 0 fully saturated rings. The van der Waals surface area contributed by atoms with E-state index in [9.17, 15) is 22.8 Å². The number of hydrogen-bond acceptors (Lipinski definition) is 9. The maximum Gasteiger partial charge on any atom is 0.317 e. The molecule has 0 saturated heterocycles. The molecule has 4 aromatic rings. The first-order valence-electron chi connectivity index (χ1n) is 12.3. The van der Waals surface area contributed by atoms with Gasteiger partial charge in [-0.05, 0) is 48.7 Å². The molecule has 4 rings (SSSR count). The summed E-state index contributed by atoms with van der Waals surface area (Å²) >= 11 is 1.24. The Labute approximate surface area is 240 Å². The zero-order chi connectivity index (χ0) is 29.7. The van der Waals surface area contributed by atoms with E-state index in [1.54, 1.807) is 25.4 Å². The fraction of sp³-hybridized carbons (Fsp3) is 0.222. The Hall–Kier alpha value is -4.40. The zero-order valence-corrected chi connectivity index (χ0v) is 24.1. The highest BCUT2D eigenvalue weighted by atomic mass is 32.2. The van der Waals surface area contributed by atoms with Gasteiger partial charge < -0.3 is 21.1 Å². The van der Waals surface area contributed by atoms with Crippen molar-refractivity contribution in [3.05, 3.63) is 76.7 Å². The molecule has 214 valence electrons. The predicted molar refractivity (Wildman–Crippen MR) is 155 cm³/mol. The summed E-state index contributed by atoms with van der Waals surface area (Å²) in [6.45, 7) is 3.09. The molecule has 0 spiro atoms. The number of carbonyl (C=O) groups is 3. The number of carbonyl (C=O) groups excluding carboxylic acids is 2. The van der Waals surface area contributed by atoms with Gasteiger partial charge in [-0.2, -0.15) is 0 Å². The molecule has 0 bridgehead atoms. The van der Waals surface area contributed by atoms with Crippen molar-refractivity contribution in [2.45, 2.75) is 20.4 Å². The van der Waals surface area contributed by atoms with Crippen LogP contribution in [0.25, 0.3) is 22.4 Å². The lowest BCUT2D eigenvalue weighted by atomic mass is 10.0. The Morgan fingerprint density at radius 3 is 2.49 bits per heavy atom. The molecule has 0 atom stereocenters. The summed E-state index contributed by atoms with van der Waals surface area (Å²) in [5.74, 6) is -1.98. The SMILES string of the molecule is Cc1c(C(=O)NCC(=O)Nc2nc(-c3cccc(-c4ccnc(CNCC(=O)O)c4)c3)cs2)cn(S(C)(=O)=O)c1C. The van der Waals surface area contributed by atoms with Gasteiger partial charge in [0.2, 0.25) is 15.9 Å². The number of thiazole rings is 1. The lowest BCUT2D eigenvalue weighted by Crippen LogP contribution is -2.33. The molecule has 14 heteroatoms. The minimum Gasteiger partial charge on any atom is -0.480 e. The molecule has 0 radical (unpaired) electrons. The second-order valence-corrected chi connectivity index (χ2v) is 11.9. The van der Waals surface area contributed by atoms with Gasteiger partial charge >= 0.3 is 5.97 Å². The summed E-state index contributed by atoms with van der Waals surface area (Å²) < 4.78 is 24.9. The molecule has 4 N–H and O–H groups in total. The van der Waals surface area contributed by atoms with Crippen LogP contribution in [-0.4, -0.2) is 64.6 Å². The van der Waals surface area contributed by atoms with Crippen LogP contribution < -0.4 is 16.0 Å². The van der Waals surface area contributed by atoms with E-state index in [1.165, 1.54) is 17.5 Å². The summed E-state index contributed by atoms with van der Waals surface area (Å²) in [4.78, 5) is 44.6. The maximum atomic E-state index is 12.6. The number of nitrogens with one attached hydrogen (secondary N) is 3. The van der Waals surface area contributed by atoms with Crippen molar-refractivity contribution in [2.24, 2.45) is 0 Å². The summed E-state index contributed by atoms with van der Waals surface area (Å²) in [5.41, 5.74) is 5.13. The monoisotopic (exact) mass is 596 g/mol. The molecule has 12 nitrogen and oxygen atoms in total. The lowest BCUT2D eigenvalue weighted by Gasteiger charge is -2.07. The van der Waals surface area contributed by atoms with Gasteiger partial charge in [-0.1, -0.05) is 18.2 Å². The van der Waals surface area contributed by atoms with Gasteiger partial charge in [-0.3, -0.25) is 19.4 Å². The van der Waals surface area contributed by atoms with E-state index >= 15 is 0 Å². The van der Waals surface area contributed by atoms with Crippen molar-refractivity contribution >= 4 is 44.3 Å². The number of aliphatic carboxylic acids is 1. The van der Waals surface area contributed by atoms with Crippen molar-refractivity contribution < 1.29 is 27.9 Å². The Kier molecular flexibility index (Phi) is 8.95. The number of carboxylic acid groups (broad SMARTS) is 1. The molecule has 0 aliphatic heterocycles. The van der Waals surface area contributed by atoms with Crippen LogP contribution in [0.5, 0.6) is 0 Å². The number of benzene rings is 1. The average molecular weight is 597 g/mol. The molecular formula is C27H28N6O6S2. The van der Waals surface area contributed by atoms with Crippen molar-refractivity contribution in [3.8, 4) is 22.4 Å². The molecule has 0 saturated carbocycles. The van der Waals surface area contributed by atoms with Gasteiger partial charge in [-0.15, -0.1) is 11.3 Å². The first-order chi connectivity index (χ1) is 19.4. The first kappa shape index (κ1) is 29.6. The van der Waals surface area contributed by atoms with Gasteiger partial charge in [0, 0.05) is 35.6 Å². The summed E-state index contributed by atoms with van der Waals surface area (Å²) in [6, 6.07) is 11.4. The maximum absolute atomic E-state index is 12.6. The third-order valence-electron chi connectivity index (χ3n) is 6.18. The highest BCUT2D eigenvalue weighted by Gasteiger charge is 2.20. The van der Waals surface area contributed by atoms with Gasteiger partial charge in [0.1, 0.15) is 0 Å². The van der Waals surface area contributed by atoms with Crippen molar-refractivity contribution in [1.82, 2.24) is 24.6 Å². The topological polar surface area (TPSA) is 172 Å². The molecule has 3 aromatic heterocycles. The van der Waals surface area contributed by atoms with Crippen molar-refractivity contribution in [2.75, 3.05) is 24.7 Å². The van der Waals surface area contributed by atoms with Gasteiger partial charge in [-0.25, -0.2) is 17.4 Å². The van der Waals surface area contributed by atoms with Crippen LogP contribution in [0.3, 0.4) is 0 Å². The van der Waals surface area contributed by atoms with E-state index in [4.69, 9.17) is 5.11 Å². The molecule has 0 unspecified atom stereocenters. The molecular weight excluding hydrogens is 568 g/mol. The highest BCUT2D eigenvalue weighted by Crippen LogP contribution is 2.29. The predicted octanol–water partition coefficient (Wildman–Crippen LogP) is 2.64. The van der Waals surface area contributed by atoms with Crippen LogP contribution >= 0.6 is 11.3 Å². The Morgan fingerprint density at radius 2 is 1.78 bits per heavy atom. The Morgan fingerprint density at radius 1 is 1.05 bits per heavy atom. The van der Waals surface area contributed by atoms with E-state index in [0.717, 1.165) is 26.9 Å². The standard InChI is InChI=1S/C27H28N6O6S2/c1-16-17(2)33(41(3,38)39)14-22(16)26(37)30-12-24(34)32-27-31-23(15-40-27)20-6-4-5-18(9-20)19-7-8-29-21(10-19)11-28-13-25(35)36/h4-10,14-15,28H,11-13H2,1-3H3,(H,30,37)(H,35,36)(H,31,32,34). The van der Waals surface area contributed by atoms with Crippen LogP contribution in [0.15, 0.2) is 54.2 Å². The van der Waals surface area contributed by atoms with E-state index in [0.29, 0.717) is 34.3 Å². The minimum atomic E-state index is -3.56. The Bertz CT molecular complexity index is 1730. The summed E-state index contributed by atoms with van der Waals surface area (Å²) in [6.07, 6.45) is 3.96. The number of amides is 2. The molecule has 1 aromatic carbocycles. The van der Waals surface area contributed by atoms with Gasteiger partial charge in [0.05, 0.1) is 36.3 Å². The summed E-state index contributed by atoms with van der Waals surface area (Å²) in [7, 11) is -3.56. The van der Waals surface area contributed by atoms with E-state index in [-0.39, 0.29) is 18.7 Å². The van der Waals surface area contributed by atoms with Gasteiger partial charge in [0.25, 0.3) is 5.91 Å². The van der Waals surface area contributed by atoms with Crippen LogP contribution in [0.2, 0.25) is 0 Å². The van der Waals surface area contributed by atoms with E-state index in [1.807, 2.05) is 36.4 Å². The lowest BCUT2D eigenvalue weighted by molar-refractivity contribution is -0.136. The molecule has 3 heterocycles. The number of pyridine rings is 1. The average Bonchev–Trinajstić information content (AvgIpc) is 3.51. The largest absolute Gasteiger partial charge is 0.480 e. The number of hydrogen-bond donors (Lipinski definition) is 4. The number of rotatable bonds is 11.